The molecule has 0 radical (unpaired) electrons. The summed E-state index contributed by atoms with van der Waals surface area (Å²) in [6.07, 6.45) is 0.908. The molecule has 0 amide bonds. The van der Waals surface area contributed by atoms with Crippen molar-refractivity contribution in [2.24, 2.45) is 5.41 Å². The van der Waals surface area contributed by atoms with E-state index < -0.39 is 27.2 Å². The van der Waals surface area contributed by atoms with Crippen LogP contribution in [0.1, 0.15) is 12.8 Å². The smallest absolute Gasteiger partial charge is 0.310 e. The van der Waals surface area contributed by atoms with Crippen LogP contribution >= 0.6 is 15.9 Å². The van der Waals surface area contributed by atoms with Crippen molar-refractivity contribution >= 4 is 31.9 Å². The maximum Gasteiger partial charge on any atom is 0.310 e. The van der Waals surface area contributed by atoms with Crippen molar-refractivity contribution in [3.63, 3.8) is 0 Å². The zero-order valence-electron chi connectivity index (χ0n) is 9.69. The maximum atomic E-state index is 12.9. The van der Waals surface area contributed by atoms with Crippen molar-refractivity contribution in [2.45, 2.75) is 17.7 Å². The van der Waals surface area contributed by atoms with Crippen LogP contribution in [-0.2, 0) is 14.8 Å². The summed E-state index contributed by atoms with van der Waals surface area (Å²) in [5, 5.41) is 8.97. The van der Waals surface area contributed by atoms with Gasteiger partial charge in [0.15, 0.2) is 0 Å². The van der Waals surface area contributed by atoms with E-state index in [1.165, 1.54) is 0 Å². The van der Waals surface area contributed by atoms with Gasteiger partial charge >= 0.3 is 5.97 Å². The van der Waals surface area contributed by atoms with E-state index in [4.69, 9.17) is 5.11 Å². The van der Waals surface area contributed by atoms with Crippen molar-refractivity contribution in [1.29, 1.82) is 0 Å². The van der Waals surface area contributed by atoms with Gasteiger partial charge < -0.3 is 5.11 Å². The van der Waals surface area contributed by atoms with E-state index >= 15 is 0 Å². The van der Waals surface area contributed by atoms with Gasteiger partial charge in [0.1, 0.15) is 5.82 Å². The minimum absolute atomic E-state index is 0.0974. The molecule has 5 nitrogen and oxygen atoms in total. The Morgan fingerprint density at radius 2 is 2.11 bits per heavy atom. The highest BCUT2D eigenvalue weighted by molar-refractivity contribution is 9.10. The first kappa shape index (κ1) is 14.4. The molecule has 1 aliphatic carbocycles. The number of nitrogens with one attached hydrogen (secondary N) is 1. The van der Waals surface area contributed by atoms with Gasteiger partial charge in [0.2, 0.25) is 10.0 Å². The molecule has 0 atom stereocenters. The highest BCUT2D eigenvalue weighted by Crippen LogP contribution is 2.45. The summed E-state index contributed by atoms with van der Waals surface area (Å²) in [6.45, 7) is -0.158. The van der Waals surface area contributed by atoms with Crippen LogP contribution in [0.3, 0.4) is 0 Å². The highest BCUT2D eigenvalue weighted by atomic mass is 79.9. The Morgan fingerprint density at radius 3 is 2.58 bits per heavy atom. The minimum Gasteiger partial charge on any atom is -0.481 e. The maximum absolute atomic E-state index is 12.9. The average molecular weight is 352 g/mol. The van der Waals surface area contributed by atoms with Gasteiger partial charge in [0, 0.05) is 11.0 Å². The van der Waals surface area contributed by atoms with Gasteiger partial charge in [-0.25, -0.2) is 17.5 Å². The summed E-state index contributed by atoms with van der Waals surface area (Å²) >= 11 is 2.97. The second-order valence-corrected chi connectivity index (χ2v) is 7.07. The largest absolute Gasteiger partial charge is 0.481 e. The number of carboxylic acids is 1. The van der Waals surface area contributed by atoms with Crippen LogP contribution < -0.4 is 4.72 Å². The van der Waals surface area contributed by atoms with Gasteiger partial charge in [-0.1, -0.05) is 0 Å². The van der Waals surface area contributed by atoms with Crippen LogP contribution in [0, 0.1) is 11.2 Å². The Bertz CT molecular complexity index is 628. The summed E-state index contributed by atoms with van der Waals surface area (Å²) in [7, 11) is -3.86. The molecule has 1 fully saturated rings. The zero-order chi connectivity index (χ0) is 14.3. The molecule has 0 heterocycles. The number of aliphatic carboxylic acids is 1. The molecule has 8 heteroatoms. The average Bonchev–Trinajstić information content (AvgIpc) is 3.07. The summed E-state index contributed by atoms with van der Waals surface area (Å²) < 4.78 is 39.3. The van der Waals surface area contributed by atoms with E-state index in [0.29, 0.717) is 12.8 Å². The lowest BCUT2D eigenvalue weighted by molar-refractivity contribution is -0.143. The molecule has 0 bridgehead atoms. The van der Waals surface area contributed by atoms with Crippen molar-refractivity contribution in [2.75, 3.05) is 6.54 Å². The number of carboxylic acid groups (broad SMARTS) is 1. The quantitative estimate of drug-likeness (QED) is 0.846. The van der Waals surface area contributed by atoms with Gasteiger partial charge in [-0.15, -0.1) is 0 Å². The van der Waals surface area contributed by atoms with E-state index in [1.54, 1.807) is 0 Å². The summed E-state index contributed by atoms with van der Waals surface area (Å²) in [4.78, 5) is 10.8. The van der Waals surface area contributed by atoms with E-state index in [1.807, 2.05) is 0 Å². The molecular formula is C11H11BrFNO4S. The third-order valence-corrected chi connectivity index (χ3v) is 5.47. The lowest BCUT2D eigenvalue weighted by Crippen LogP contribution is -2.34. The lowest BCUT2D eigenvalue weighted by atomic mass is 10.1. The van der Waals surface area contributed by atoms with Gasteiger partial charge in [-0.05, 0) is 47.0 Å². The number of halogens is 2. The summed E-state index contributed by atoms with van der Waals surface area (Å²) in [6, 6.07) is 3.20. The number of hydrogen-bond acceptors (Lipinski definition) is 3. The Labute approximate surface area is 118 Å². The van der Waals surface area contributed by atoms with Gasteiger partial charge in [0.25, 0.3) is 0 Å². The Balaban J connectivity index is 2.17. The highest BCUT2D eigenvalue weighted by Gasteiger charge is 2.50. The molecule has 104 valence electrons. The minimum atomic E-state index is -3.86. The second kappa shape index (κ2) is 4.84. The monoisotopic (exact) mass is 351 g/mol. The molecule has 1 aromatic rings. The molecule has 1 aliphatic rings. The molecule has 2 N–H and O–H groups in total. The molecule has 0 aliphatic heterocycles. The third-order valence-electron chi connectivity index (χ3n) is 3.09. The zero-order valence-corrected chi connectivity index (χ0v) is 12.1. The number of rotatable bonds is 5. The summed E-state index contributed by atoms with van der Waals surface area (Å²) in [5.41, 5.74) is -0.987. The molecule has 0 spiro atoms. The standard InChI is InChI=1S/C11H11BrFNO4S/c12-8-5-7(13)1-2-9(8)19(17,18)14-6-11(3-4-11)10(15)16/h1-2,5,14H,3-4,6H2,(H,15,16). The predicted octanol–water partition coefficient (Wildman–Crippen LogP) is 1.73. The molecular weight excluding hydrogens is 341 g/mol. The van der Waals surface area contributed by atoms with Crippen molar-refractivity contribution in [3.8, 4) is 0 Å². The van der Waals surface area contributed by atoms with E-state index in [9.17, 15) is 17.6 Å². The Kier molecular flexibility index (Phi) is 3.67. The first-order valence-corrected chi connectivity index (χ1v) is 7.73. The van der Waals surface area contributed by atoms with Crippen molar-refractivity contribution in [3.05, 3.63) is 28.5 Å². The second-order valence-electron chi connectivity index (χ2n) is 4.48. The Morgan fingerprint density at radius 1 is 1.47 bits per heavy atom. The van der Waals surface area contributed by atoms with Crippen molar-refractivity contribution < 1.29 is 22.7 Å². The SMILES string of the molecule is O=C(O)C1(CNS(=O)(=O)c2ccc(F)cc2Br)CC1. The first-order chi connectivity index (χ1) is 8.77. The van der Waals surface area contributed by atoms with Crippen LogP contribution in [0.4, 0.5) is 4.39 Å². The normalized spacial score (nSPS) is 17.2. The number of carbonyl (C=O) groups is 1. The van der Waals surface area contributed by atoms with Crippen LogP contribution in [-0.4, -0.2) is 26.0 Å². The number of sulfonamides is 1. The number of benzene rings is 1. The van der Waals surface area contributed by atoms with Crippen LogP contribution in [0.2, 0.25) is 0 Å². The topological polar surface area (TPSA) is 83.5 Å². The van der Waals surface area contributed by atoms with E-state index in [0.717, 1.165) is 18.2 Å². The fourth-order valence-corrected chi connectivity index (χ4v) is 3.80. The fraction of sp³-hybridized carbons (Fsp3) is 0.364. The number of hydrogen-bond donors (Lipinski definition) is 2. The van der Waals surface area contributed by atoms with Gasteiger partial charge in [-0.2, -0.15) is 0 Å². The first-order valence-electron chi connectivity index (χ1n) is 5.45. The molecule has 0 unspecified atom stereocenters. The van der Waals surface area contributed by atoms with E-state index in [-0.39, 0.29) is 15.9 Å². The third kappa shape index (κ3) is 2.96. The fourth-order valence-electron chi connectivity index (χ4n) is 1.62. The van der Waals surface area contributed by atoms with Gasteiger partial charge in [0.05, 0.1) is 10.3 Å². The molecule has 0 aromatic heterocycles. The van der Waals surface area contributed by atoms with Gasteiger partial charge in [-0.3, -0.25) is 4.79 Å². The Hall–Kier alpha value is -0.990. The molecule has 1 saturated carbocycles. The van der Waals surface area contributed by atoms with E-state index in [2.05, 4.69) is 20.7 Å². The molecule has 0 saturated heterocycles. The lowest BCUT2D eigenvalue weighted by Gasteiger charge is -2.12. The summed E-state index contributed by atoms with van der Waals surface area (Å²) in [5.74, 6) is -1.57. The van der Waals surface area contributed by atoms with Crippen molar-refractivity contribution in [1.82, 2.24) is 4.72 Å². The van der Waals surface area contributed by atoms with Crippen LogP contribution in [0.5, 0.6) is 0 Å². The predicted molar refractivity (Wildman–Crippen MR) is 68.6 cm³/mol. The van der Waals surface area contributed by atoms with Crippen LogP contribution in [0.25, 0.3) is 0 Å². The van der Waals surface area contributed by atoms with Crippen LogP contribution in [0.15, 0.2) is 27.6 Å². The molecule has 19 heavy (non-hydrogen) atoms. The molecule has 1 aromatic carbocycles. The molecule has 2 rings (SSSR count).